The van der Waals surface area contributed by atoms with Crippen LogP contribution in [-0.2, 0) is 13.0 Å². The number of guanidine groups is 1. The van der Waals surface area contributed by atoms with Crippen molar-refractivity contribution in [3.63, 3.8) is 0 Å². The molecule has 0 amide bonds. The Bertz CT molecular complexity index is 700. The molecule has 0 aliphatic carbocycles. The molecule has 0 bridgehead atoms. The minimum Gasteiger partial charge on any atom is -0.357 e. The first kappa shape index (κ1) is 19.4. The van der Waals surface area contributed by atoms with Crippen LogP contribution in [0.1, 0.15) is 30.2 Å². The lowest BCUT2D eigenvalue weighted by molar-refractivity contribution is 0.172. The molecule has 0 spiro atoms. The number of piperazine rings is 1. The van der Waals surface area contributed by atoms with Gasteiger partial charge in [-0.3, -0.25) is 15.0 Å². The van der Waals surface area contributed by atoms with Crippen molar-refractivity contribution < 1.29 is 0 Å². The largest absolute Gasteiger partial charge is 0.357 e. The quantitative estimate of drug-likeness (QED) is 0.448. The monoisotopic (exact) mass is 368 g/mol. The van der Waals surface area contributed by atoms with Crippen LogP contribution in [-0.4, -0.2) is 65.2 Å². The average molecular weight is 369 g/mol. The Kier molecular flexibility index (Phi) is 7.27. The molecular formula is C21H32N6. The van der Waals surface area contributed by atoms with Crippen LogP contribution in [0.4, 0.5) is 0 Å². The van der Waals surface area contributed by atoms with Gasteiger partial charge in [-0.2, -0.15) is 5.10 Å². The zero-order chi connectivity index (χ0) is 18.9. The van der Waals surface area contributed by atoms with Crippen molar-refractivity contribution in [1.29, 1.82) is 0 Å². The number of nitrogens with one attached hydrogen (secondary N) is 2. The van der Waals surface area contributed by atoms with Gasteiger partial charge in [-0.05, 0) is 37.8 Å². The zero-order valence-corrected chi connectivity index (χ0v) is 16.6. The second-order valence-electron chi connectivity index (χ2n) is 7.11. The van der Waals surface area contributed by atoms with Crippen molar-refractivity contribution in [2.24, 2.45) is 4.99 Å². The third kappa shape index (κ3) is 5.82. The smallest absolute Gasteiger partial charge is 0.194 e. The van der Waals surface area contributed by atoms with E-state index < -0.39 is 0 Å². The van der Waals surface area contributed by atoms with Crippen LogP contribution < -0.4 is 5.32 Å². The minimum absolute atomic E-state index is 0.844. The van der Waals surface area contributed by atoms with Gasteiger partial charge in [-0.15, -0.1) is 0 Å². The van der Waals surface area contributed by atoms with Gasteiger partial charge in [-0.25, -0.2) is 0 Å². The summed E-state index contributed by atoms with van der Waals surface area (Å²) in [6, 6.07) is 10.7. The summed E-state index contributed by atoms with van der Waals surface area (Å²) < 4.78 is 0. The van der Waals surface area contributed by atoms with Gasteiger partial charge in [-0.1, -0.05) is 30.3 Å². The molecule has 0 unspecified atom stereocenters. The van der Waals surface area contributed by atoms with Crippen molar-refractivity contribution in [2.75, 3.05) is 39.3 Å². The summed E-state index contributed by atoms with van der Waals surface area (Å²) in [6.07, 6.45) is 4.00. The molecule has 0 atom stereocenters. The number of aromatic nitrogens is 2. The molecular weight excluding hydrogens is 336 g/mol. The van der Waals surface area contributed by atoms with Crippen molar-refractivity contribution >= 4 is 5.96 Å². The summed E-state index contributed by atoms with van der Waals surface area (Å²) in [7, 11) is 0. The lowest BCUT2D eigenvalue weighted by Crippen LogP contribution is -2.52. The molecule has 2 aromatic rings. The van der Waals surface area contributed by atoms with Gasteiger partial charge in [0.15, 0.2) is 5.96 Å². The fraction of sp³-hybridized carbons (Fsp3) is 0.524. The van der Waals surface area contributed by atoms with Crippen molar-refractivity contribution in [3.8, 4) is 0 Å². The highest BCUT2D eigenvalue weighted by Crippen LogP contribution is 2.09. The number of nitrogens with zero attached hydrogens (tertiary/aromatic N) is 4. The minimum atomic E-state index is 0.844. The highest BCUT2D eigenvalue weighted by molar-refractivity contribution is 5.80. The van der Waals surface area contributed by atoms with E-state index in [2.05, 4.69) is 69.5 Å². The Balaban J connectivity index is 1.46. The fourth-order valence-electron chi connectivity index (χ4n) is 3.47. The Hall–Kier alpha value is -2.34. The van der Waals surface area contributed by atoms with Crippen LogP contribution in [0.15, 0.2) is 41.5 Å². The van der Waals surface area contributed by atoms with Gasteiger partial charge in [0.25, 0.3) is 0 Å². The lowest BCUT2D eigenvalue weighted by Gasteiger charge is -2.36. The van der Waals surface area contributed by atoms with E-state index in [9.17, 15) is 0 Å². The predicted molar refractivity (Wildman–Crippen MR) is 111 cm³/mol. The Morgan fingerprint density at radius 1 is 1.19 bits per heavy atom. The van der Waals surface area contributed by atoms with Gasteiger partial charge in [0, 0.05) is 51.5 Å². The lowest BCUT2D eigenvalue weighted by atomic mass is 10.1. The number of rotatable bonds is 7. The van der Waals surface area contributed by atoms with Gasteiger partial charge in [0.2, 0.25) is 0 Å². The number of aromatic amines is 1. The van der Waals surface area contributed by atoms with E-state index in [1.165, 1.54) is 16.8 Å². The molecule has 2 N–H and O–H groups in total. The van der Waals surface area contributed by atoms with Crippen molar-refractivity contribution in [2.45, 2.75) is 33.2 Å². The maximum Gasteiger partial charge on any atom is 0.194 e. The Morgan fingerprint density at radius 2 is 1.96 bits per heavy atom. The van der Waals surface area contributed by atoms with E-state index >= 15 is 0 Å². The molecule has 0 saturated carbocycles. The van der Waals surface area contributed by atoms with Gasteiger partial charge in [0.1, 0.15) is 0 Å². The van der Waals surface area contributed by atoms with Crippen LogP contribution in [0.5, 0.6) is 0 Å². The SMILES string of the molecule is CCNC(=NCCCc1cn[nH]c1C)N1CCN(Cc2ccccc2)CC1. The second-order valence-corrected chi connectivity index (χ2v) is 7.11. The van der Waals surface area contributed by atoms with Crippen LogP contribution in [0, 0.1) is 6.92 Å². The van der Waals surface area contributed by atoms with Gasteiger partial charge in [0.05, 0.1) is 6.20 Å². The molecule has 27 heavy (non-hydrogen) atoms. The first-order chi connectivity index (χ1) is 13.3. The molecule has 6 nitrogen and oxygen atoms in total. The fourth-order valence-corrected chi connectivity index (χ4v) is 3.47. The maximum absolute atomic E-state index is 4.86. The van der Waals surface area contributed by atoms with Crippen molar-refractivity contribution in [3.05, 3.63) is 53.3 Å². The van der Waals surface area contributed by atoms with E-state index in [4.69, 9.17) is 4.99 Å². The van der Waals surface area contributed by atoms with E-state index in [0.717, 1.165) is 64.6 Å². The molecule has 1 aliphatic rings. The molecule has 1 aliphatic heterocycles. The van der Waals surface area contributed by atoms with Gasteiger partial charge < -0.3 is 10.2 Å². The molecule has 0 radical (unpaired) electrons. The maximum atomic E-state index is 4.86. The molecule has 1 aromatic carbocycles. The standard InChI is InChI=1S/C21H32N6/c1-3-22-21(23-11-7-10-20-16-24-25-18(20)2)27-14-12-26(13-15-27)17-19-8-5-4-6-9-19/h4-6,8-9,16H,3,7,10-15,17H2,1-2H3,(H,22,23)(H,24,25). The third-order valence-corrected chi connectivity index (χ3v) is 5.06. The molecule has 1 aromatic heterocycles. The molecule has 1 fully saturated rings. The highest BCUT2D eigenvalue weighted by atomic mass is 15.3. The molecule has 1 saturated heterocycles. The predicted octanol–water partition coefficient (Wildman–Crippen LogP) is 2.43. The average Bonchev–Trinajstić information content (AvgIpc) is 3.11. The van der Waals surface area contributed by atoms with E-state index in [0.29, 0.717) is 0 Å². The summed E-state index contributed by atoms with van der Waals surface area (Å²) in [5, 5.41) is 10.6. The first-order valence-corrected chi connectivity index (χ1v) is 10.0. The van der Waals surface area contributed by atoms with Crippen molar-refractivity contribution in [1.82, 2.24) is 25.3 Å². The van der Waals surface area contributed by atoms with E-state index in [1.807, 2.05) is 6.20 Å². The summed E-state index contributed by atoms with van der Waals surface area (Å²) in [5.74, 6) is 1.06. The summed E-state index contributed by atoms with van der Waals surface area (Å²) in [6.45, 7) is 11.2. The van der Waals surface area contributed by atoms with Crippen LogP contribution in [0.2, 0.25) is 0 Å². The molecule has 6 heteroatoms. The molecule has 146 valence electrons. The summed E-state index contributed by atoms with van der Waals surface area (Å²) >= 11 is 0. The summed E-state index contributed by atoms with van der Waals surface area (Å²) in [5.41, 5.74) is 3.85. The number of hydrogen-bond acceptors (Lipinski definition) is 3. The Labute approximate surface area is 162 Å². The van der Waals surface area contributed by atoms with Crippen LogP contribution in [0.3, 0.4) is 0 Å². The number of H-pyrrole nitrogens is 1. The number of hydrogen-bond donors (Lipinski definition) is 2. The molecule has 2 heterocycles. The van der Waals surface area contributed by atoms with Crippen LogP contribution in [0.25, 0.3) is 0 Å². The topological polar surface area (TPSA) is 59.6 Å². The normalized spacial score (nSPS) is 15.9. The number of aliphatic imine (C=N–C) groups is 1. The zero-order valence-electron chi connectivity index (χ0n) is 16.6. The highest BCUT2D eigenvalue weighted by Gasteiger charge is 2.19. The molecule has 3 rings (SSSR count). The number of benzene rings is 1. The van der Waals surface area contributed by atoms with E-state index in [1.54, 1.807) is 0 Å². The van der Waals surface area contributed by atoms with Gasteiger partial charge >= 0.3 is 0 Å². The second kappa shape index (κ2) is 10.1. The third-order valence-electron chi connectivity index (χ3n) is 5.06. The number of aryl methyl sites for hydroxylation is 2. The first-order valence-electron chi connectivity index (χ1n) is 10.0. The summed E-state index contributed by atoms with van der Waals surface area (Å²) in [4.78, 5) is 9.78. The van der Waals surface area contributed by atoms with E-state index in [-0.39, 0.29) is 0 Å². The van der Waals surface area contributed by atoms with Crippen LogP contribution >= 0.6 is 0 Å². The Morgan fingerprint density at radius 3 is 2.63 bits per heavy atom.